The number of hydrogen-bond donors (Lipinski definition) is 1. The van der Waals surface area contributed by atoms with Crippen LogP contribution in [0.15, 0.2) is 48.5 Å². The van der Waals surface area contributed by atoms with Gasteiger partial charge in [-0.05, 0) is 54.4 Å². The molecule has 2 aromatic carbocycles. The Balaban J connectivity index is 1.53. The topological polar surface area (TPSA) is 12.0 Å². The smallest absolute Gasteiger partial charge is 0.0517 e. The van der Waals surface area contributed by atoms with Crippen LogP contribution in [0.1, 0.15) is 54.3 Å². The lowest BCUT2D eigenvalue weighted by Gasteiger charge is -2.29. The summed E-state index contributed by atoms with van der Waals surface area (Å²) in [4.78, 5) is 0. The minimum Gasteiger partial charge on any atom is -0.378 e. The third-order valence-corrected chi connectivity index (χ3v) is 4.96. The van der Waals surface area contributed by atoms with Crippen LogP contribution in [0.4, 0.5) is 5.69 Å². The summed E-state index contributed by atoms with van der Waals surface area (Å²) in [5.41, 5.74) is 5.74. The summed E-state index contributed by atoms with van der Waals surface area (Å²) in [5.74, 6) is 0.837. The molecule has 1 unspecified atom stereocenters. The van der Waals surface area contributed by atoms with E-state index in [1.165, 1.54) is 54.5 Å². The number of para-hydroxylation sites is 1. The van der Waals surface area contributed by atoms with Gasteiger partial charge in [-0.15, -0.1) is 0 Å². The summed E-state index contributed by atoms with van der Waals surface area (Å²) in [5, 5.41) is 3.69. The maximum absolute atomic E-state index is 3.69. The largest absolute Gasteiger partial charge is 0.378 e. The summed E-state index contributed by atoms with van der Waals surface area (Å²) in [7, 11) is 0. The molecule has 1 aliphatic heterocycles. The van der Waals surface area contributed by atoms with E-state index in [0.29, 0.717) is 6.04 Å². The average Bonchev–Trinajstić information content (AvgIpc) is 2.46. The summed E-state index contributed by atoms with van der Waals surface area (Å²) >= 11 is 0. The Morgan fingerprint density at radius 2 is 1.55 bits per heavy atom. The minimum absolute atomic E-state index is 0.473. The maximum atomic E-state index is 3.69. The third-order valence-electron chi connectivity index (χ3n) is 4.96. The van der Waals surface area contributed by atoms with Crippen LogP contribution in [-0.4, -0.2) is 0 Å². The molecule has 20 heavy (non-hydrogen) atoms. The average molecular weight is 263 g/mol. The normalized spacial score (nSPS) is 21.7. The summed E-state index contributed by atoms with van der Waals surface area (Å²) in [6.07, 6.45) is 6.55. The van der Waals surface area contributed by atoms with Gasteiger partial charge >= 0.3 is 0 Å². The number of benzene rings is 2. The van der Waals surface area contributed by atoms with Crippen molar-refractivity contribution < 1.29 is 0 Å². The van der Waals surface area contributed by atoms with E-state index in [4.69, 9.17) is 0 Å². The van der Waals surface area contributed by atoms with Gasteiger partial charge in [0, 0.05) is 5.69 Å². The van der Waals surface area contributed by atoms with Crippen molar-refractivity contribution in [2.75, 3.05) is 5.32 Å². The zero-order valence-corrected chi connectivity index (χ0v) is 11.8. The zero-order chi connectivity index (χ0) is 13.4. The number of fused-ring (bicyclic) bond motifs is 1. The number of rotatable bonds is 2. The van der Waals surface area contributed by atoms with Gasteiger partial charge in [-0.1, -0.05) is 48.9 Å². The molecule has 1 fully saturated rings. The molecule has 2 aliphatic rings. The number of anilines is 1. The van der Waals surface area contributed by atoms with Gasteiger partial charge in [-0.25, -0.2) is 0 Å². The molecule has 1 heteroatoms. The second kappa shape index (κ2) is 4.97. The third kappa shape index (κ3) is 2.11. The molecule has 0 radical (unpaired) electrons. The van der Waals surface area contributed by atoms with E-state index in [9.17, 15) is 0 Å². The van der Waals surface area contributed by atoms with Crippen LogP contribution < -0.4 is 5.32 Å². The monoisotopic (exact) mass is 263 g/mol. The molecule has 1 N–H and O–H groups in total. The Kier molecular flexibility index (Phi) is 2.99. The highest BCUT2D eigenvalue weighted by Crippen LogP contribution is 2.37. The first-order chi connectivity index (χ1) is 9.90. The van der Waals surface area contributed by atoms with Crippen molar-refractivity contribution >= 4 is 5.69 Å². The Morgan fingerprint density at radius 3 is 2.30 bits per heavy atom. The van der Waals surface area contributed by atoms with Crippen molar-refractivity contribution in [1.29, 1.82) is 0 Å². The van der Waals surface area contributed by atoms with Crippen molar-refractivity contribution in [2.45, 2.75) is 44.1 Å². The van der Waals surface area contributed by atoms with Crippen LogP contribution in [0.2, 0.25) is 0 Å². The van der Waals surface area contributed by atoms with Gasteiger partial charge in [0.1, 0.15) is 0 Å². The molecule has 0 saturated heterocycles. The highest BCUT2D eigenvalue weighted by Gasteiger charge is 2.21. The highest BCUT2D eigenvalue weighted by molar-refractivity contribution is 5.55. The standard InChI is InChI=1S/C19H21N/c1-2-7-18-16(4-1)12-13-19(20-18)17-10-8-15(9-11-17)14-5-3-6-14/h1-2,4,7-11,14,19-20H,3,5-6,12-13H2. The van der Waals surface area contributed by atoms with Crippen LogP contribution in [0.25, 0.3) is 0 Å². The fourth-order valence-corrected chi connectivity index (χ4v) is 3.43. The van der Waals surface area contributed by atoms with Crippen molar-refractivity contribution in [3.63, 3.8) is 0 Å². The molecular weight excluding hydrogens is 242 g/mol. The highest BCUT2D eigenvalue weighted by atomic mass is 14.9. The lowest BCUT2D eigenvalue weighted by molar-refractivity contribution is 0.419. The first kappa shape index (κ1) is 12.0. The van der Waals surface area contributed by atoms with Gasteiger partial charge in [0.2, 0.25) is 0 Å². The fraction of sp³-hybridized carbons (Fsp3) is 0.368. The van der Waals surface area contributed by atoms with Crippen LogP contribution in [0, 0.1) is 0 Å². The van der Waals surface area contributed by atoms with Gasteiger partial charge in [0.15, 0.2) is 0 Å². The van der Waals surface area contributed by atoms with Crippen LogP contribution in [-0.2, 0) is 6.42 Å². The first-order valence-corrected chi connectivity index (χ1v) is 7.84. The van der Waals surface area contributed by atoms with E-state index in [1.54, 1.807) is 0 Å². The quantitative estimate of drug-likeness (QED) is 0.799. The van der Waals surface area contributed by atoms with E-state index in [2.05, 4.69) is 53.8 Å². The Bertz CT molecular complexity index is 595. The minimum atomic E-state index is 0.473. The van der Waals surface area contributed by atoms with Crippen molar-refractivity contribution in [3.8, 4) is 0 Å². The Morgan fingerprint density at radius 1 is 0.800 bits per heavy atom. The zero-order valence-electron chi connectivity index (χ0n) is 11.8. The molecule has 2 aromatic rings. The van der Waals surface area contributed by atoms with Gasteiger partial charge in [0.05, 0.1) is 6.04 Å². The Labute approximate surface area is 121 Å². The molecule has 1 heterocycles. The SMILES string of the molecule is c1ccc2c(c1)CCC(c1ccc(C3CCC3)cc1)N2. The van der Waals surface area contributed by atoms with Crippen LogP contribution in [0.5, 0.6) is 0 Å². The lowest BCUT2D eigenvalue weighted by Crippen LogP contribution is -2.18. The predicted octanol–water partition coefficient (Wildman–Crippen LogP) is 5.05. The van der Waals surface area contributed by atoms with E-state index in [0.717, 1.165) is 5.92 Å². The van der Waals surface area contributed by atoms with E-state index in [-0.39, 0.29) is 0 Å². The van der Waals surface area contributed by atoms with Gasteiger partial charge in [0.25, 0.3) is 0 Å². The molecule has 1 nitrogen and oxygen atoms in total. The molecule has 1 saturated carbocycles. The van der Waals surface area contributed by atoms with E-state index in [1.807, 2.05) is 0 Å². The maximum Gasteiger partial charge on any atom is 0.0517 e. The number of hydrogen-bond acceptors (Lipinski definition) is 1. The molecule has 1 atom stereocenters. The molecule has 0 spiro atoms. The van der Waals surface area contributed by atoms with E-state index < -0.39 is 0 Å². The molecule has 0 aromatic heterocycles. The summed E-state index contributed by atoms with van der Waals surface area (Å²) in [6, 6.07) is 18.5. The lowest BCUT2D eigenvalue weighted by atomic mass is 9.79. The molecule has 0 bridgehead atoms. The summed E-state index contributed by atoms with van der Waals surface area (Å²) in [6.45, 7) is 0. The van der Waals surface area contributed by atoms with Crippen molar-refractivity contribution in [3.05, 3.63) is 65.2 Å². The fourth-order valence-electron chi connectivity index (χ4n) is 3.43. The van der Waals surface area contributed by atoms with Gasteiger partial charge < -0.3 is 5.32 Å². The molecule has 102 valence electrons. The predicted molar refractivity (Wildman–Crippen MR) is 84.2 cm³/mol. The first-order valence-electron chi connectivity index (χ1n) is 7.84. The van der Waals surface area contributed by atoms with Gasteiger partial charge in [-0.3, -0.25) is 0 Å². The molecule has 4 rings (SSSR count). The second-order valence-electron chi connectivity index (χ2n) is 6.19. The summed E-state index contributed by atoms with van der Waals surface area (Å²) < 4.78 is 0. The van der Waals surface area contributed by atoms with Crippen LogP contribution in [0.3, 0.4) is 0 Å². The van der Waals surface area contributed by atoms with Gasteiger partial charge in [-0.2, -0.15) is 0 Å². The molecule has 0 amide bonds. The van der Waals surface area contributed by atoms with Crippen molar-refractivity contribution in [1.82, 2.24) is 0 Å². The molecule has 1 aliphatic carbocycles. The van der Waals surface area contributed by atoms with Crippen LogP contribution >= 0.6 is 0 Å². The second-order valence-corrected chi connectivity index (χ2v) is 6.19. The molecular formula is C19H21N. The van der Waals surface area contributed by atoms with Crippen molar-refractivity contribution in [2.24, 2.45) is 0 Å². The van der Waals surface area contributed by atoms with E-state index >= 15 is 0 Å². The number of nitrogens with one attached hydrogen (secondary N) is 1. The number of aryl methyl sites for hydroxylation is 1. The Hall–Kier alpha value is -1.76.